The minimum absolute atomic E-state index is 0.323. The molecule has 0 heterocycles. The third-order valence-corrected chi connectivity index (χ3v) is 3.94. The van der Waals surface area contributed by atoms with E-state index in [1.54, 1.807) is 0 Å². The summed E-state index contributed by atoms with van der Waals surface area (Å²) >= 11 is 0. The van der Waals surface area contributed by atoms with E-state index in [9.17, 15) is 0 Å². The molecule has 16 heavy (non-hydrogen) atoms. The molecule has 0 radical (unpaired) electrons. The van der Waals surface area contributed by atoms with Gasteiger partial charge in [-0.3, -0.25) is 0 Å². The summed E-state index contributed by atoms with van der Waals surface area (Å²) in [5.74, 6) is 0. The largest absolute Gasteiger partial charge is 0.328 e. The maximum Gasteiger partial charge on any atom is 0.00475 e. The Labute approximate surface area is 99.0 Å². The van der Waals surface area contributed by atoms with Crippen LogP contribution in [0.2, 0.25) is 0 Å². The van der Waals surface area contributed by atoms with Crippen molar-refractivity contribution in [1.29, 1.82) is 0 Å². The summed E-state index contributed by atoms with van der Waals surface area (Å²) in [5, 5.41) is 0. The van der Waals surface area contributed by atoms with Crippen molar-refractivity contribution in [2.75, 3.05) is 0 Å². The molecular formula is C15H23N. The number of rotatable bonds is 3. The van der Waals surface area contributed by atoms with Gasteiger partial charge in [-0.05, 0) is 42.2 Å². The van der Waals surface area contributed by atoms with Gasteiger partial charge in [-0.25, -0.2) is 0 Å². The van der Waals surface area contributed by atoms with E-state index in [1.807, 2.05) is 0 Å². The van der Waals surface area contributed by atoms with E-state index in [0.29, 0.717) is 11.5 Å². The van der Waals surface area contributed by atoms with Crippen LogP contribution in [0.4, 0.5) is 0 Å². The van der Waals surface area contributed by atoms with Crippen molar-refractivity contribution < 1.29 is 0 Å². The van der Waals surface area contributed by atoms with E-state index in [-0.39, 0.29) is 0 Å². The molecule has 0 bridgehead atoms. The molecule has 1 heteroatoms. The predicted octanol–water partition coefficient (Wildman–Crippen LogP) is 3.41. The molecule has 2 unspecified atom stereocenters. The highest BCUT2D eigenvalue weighted by Crippen LogP contribution is 2.40. The van der Waals surface area contributed by atoms with Gasteiger partial charge in [-0.2, -0.15) is 0 Å². The van der Waals surface area contributed by atoms with Crippen LogP contribution in [-0.4, -0.2) is 6.04 Å². The Morgan fingerprint density at radius 2 is 2.25 bits per heavy atom. The quantitative estimate of drug-likeness (QED) is 0.825. The minimum Gasteiger partial charge on any atom is -0.328 e. The van der Waals surface area contributed by atoms with Crippen molar-refractivity contribution >= 4 is 0 Å². The van der Waals surface area contributed by atoms with Crippen molar-refractivity contribution in [3.8, 4) is 0 Å². The van der Waals surface area contributed by atoms with E-state index in [1.165, 1.54) is 36.8 Å². The Balaban J connectivity index is 2.22. The van der Waals surface area contributed by atoms with Crippen molar-refractivity contribution in [2.45, 2.75) is 57.4 Å². The van der Waals surface area contributed by atoms with Crippen LogP contribution in [0.1, 0.15) is 50.7 Å². The number of benzene rings is 1. The lowest BCUT2D eigenvalue weighted by atomic mass is 9.80. The lowest BCUT2D eigenvalue weighted by Crippen LogP contribution is -2.22. The molecule has 1 aliphatic rings. The molecule has 1 aliphatic carbocycles. The van der Waals surface area contributed by atoms with Crippen LogP contribution in [0, 0.1) is 0 Å². The van der Waals surface area contributed by atoms with Gasteiger partial charge in [0.15, 0.2) is 0 Å². The van der Waals surface area contributed by atoms with Gasteiger partial charge in [0.1, 0.15) is 0 Å². The molecule has 0 aromatic heterocycles. The summed E-state index contributed by atoms with van der Waals surface area (Å²) in [6, 6.07) is 9.51. The Hall–Kier alpha value is -0.820. The van der Waals surface area contributed by atoms with Crippen LogP contribution >= 0.6 is 0 Å². The van der Waals surface area contributed by atoms with E-state index in [2.05, 4.69) is 38.1 Å². The van der Waals surface area contributed by atoms with Crippen LogP contribution in [0.25, 0.3) is 0 Å². The summed E-state index contributed by atoms with van der Waals surface area (Å²) in [7, 11) is 0. The van der Waals surface area contributed by atoms with Gasteiger partial charge >= 0.3 is 0 Å². The normalized spacial score (nSPS) is 29.6. The second-order valence-corrected chi connectivity index (χ2v) is 5.51. The Morgan fingerprint density at radius 1 is 1.44 bits per heavy atom. The van der Waals surface area contributed by atoms with Crippen molar-refractivity contribution in [1.82, 2.24) is 0 Å². The zero-order valence-electron chi connectivity index (χ0n) is 10.5. The highest BCUT2D eigenvalue weighted by Gasteiger charge is 2.34. The second-order valence-electron chi connectivity index (χ2n) is 5.51. The van der Waals surface area contributed by atoms with Crippen LogP contribution in [-0.2, 0) is 11.8 Å². The van der Waals surface area contributed by atoms with E-state index < -0.39 is 0 Å². The van der Waals surface area contributed by atoms with E-state index >= 15 is 0 Å². The lowest BCUT2D eigenvalue weighted by molar-refractivity contribution is 0.481. The SMILES string of the molecule is CCCc1cccc(C2(C)CCC(N)C2)c1. The molecule has 88 valence electrons. The first-order valence-corrected chi connectivity index (χ1v) is 6.49. The average molecular weight is 217 g/mol. The number of hydrogen-bond donors (Lipinski definition) is 1. The molecular weight excluding hydrogens is 194 g/mol. The first-order valence-electron chi connectivity index (χ1n) is 6.49. The predicted molar refractivity (Wildman–Crippen MR) is 69.6 cm³/mol. The fourth-order valence-corrected chi connectivity index (χ4v) is 2.94. The molecule has 2 N–H and O–H groups in total. The molecule has 1 nitrogen and oxygen atoms in total. The van der Waals surface area contributed by atoms with Crippen molar-refractivity contribution in [3.05, 3.63) is 35.4 Å². The van der Waals surface area contributed by atoms with Crippen molar-refractivity contribution in [2.24, 2.45) is 5.73 Å². The second kappa shape index (κ2) is 4.58. The fourth-order valence-electron chi connectivity index (χ4n) is 2.94. The smallest absolute Gasteiger partial charge is 0.00475 e. The van der Waals surface area contributed by atoms with Gasteiger partial charge in [-0.1, -0.05) is 44.5 Å². The zero-order chi connectivity index (χ0) is 11.6. The van der Waals surface area contributed by atoms with Gasteiger partial charge < -0.3 is 5.73 Å². The average Bonchev–Trinajstić information content (AvgIpc) is 2.61. The first-order chi connectivity index (χ1) is 7.64. The molecule has 0 saturated heterocycles. The third kappa shape index (κ3) is 2.30. The maximum absolute atomic E-state index is 6.04. The topological polar surface area (TPSA) is 26.0 Å². The standard InChI is InChI=1S/C15H23N/c1-3-5-12-6-4-7-13(10-12)15(2)9-8-14(16)11-15/h4,6-7,10,14H,3,5,8-9,11,16H2,1-2H3. The highest BCUT2D eigenvalue weighted by molar-refractivity contribution is 5.31. The zero-order valence-corrected chi connectivity index (χ0v) is 10.5. The first kappa shape index (κ1) is 11.7. The molecule has 1 fully saturated rings. The van der Waals surface area contributed by atoms with Crippen molar-refractivity contribution in [3.63, 3.8) is 0 Å². The number of hydrogen-bond acceptors (Lipinski definition) is 1. The lowest BCUT2D eigenvalue weighted by Gasteiger charge is -2.25. The van der Waals surface area contributed by atoms with Crippen LogP contribution in [0.3, 0.4) is 0 Å². The molecule has 2 atom stereocenters. The van der Waals surface area contributed by atoms with E-state index in [0.717, 1.165) is 6.42 Å². The number of aryl methyl sites for hydroxylation is 1. The molecule has 1 aromatic carbocycles. The van der Waals surface area contributed by atoms with Gasteiger partial charge in [-0.15, -0.1) is 0 Å². The van der Waals surface area contributed by atoms with Gasteiger partial charge in [0.05, 0.1) is 0 Å². The van der Waals surface area contributed by atoms with Gasteiger partial charge in [0.25, 0.3) is 0 Å². The summed E-state index contributed by atoms with van der Waals surface area (Å²) in [4.78, 5) is 0. The molecule has 2 rings (SSSR count). The van der Waals surface area contributed by atoms with Crippen LogP contribution < -0.4 is 5.73 Å². The summed E-state index contributed by atoms with van der Waals surface area (Å²) < 4.78 is 0. The van der Waals surface area contributed by atoms with Gasteiger partial charge in [0, 0.05) is 6.04 Å². The molecule has 1 aromatic rings. The number of nitrogens with two attached hydrogens (primary N) is 1. The monoisotopic (exact) mass is 217 g/mol. The minimum atomic E-state index is 0.323. The molecule has 0 spiro atoms. The highest BCUT2D eigenvalue weighted by atomic mass is 14.7. The molecule has 1 saturated carbocycles. The Kier molecular flexibility index (Phi) is 3.34. The Bertz CT molecular complexity index is 358. The van der Waals surface area contributed by atoms with Crippen LogP contribution in [0.5, 0.6) is 0 Å². The van der Waals surface area contributed by atoms with E-state index in [4.69, 9.17) is 5.73 Å². The fraction of sp³-hybridized carbons (Fsp3) is 0.600. The summed E-state index contributed by atoms with van der Waals surface area (Å²) in [6.45, 7) is 4.60. The third-order valence-electron chi connectivity index (χ3n) is 3.94. The molecule has 0 aliphatic heterocycles. The molecule has 0 amide bonds. The van der Waals surface area contributed by atoms with Gasteiger partial charge in [0.2, 0.25) is 0 Å². The summed E-state index contributed by atoms with van der Waals surface area (Å²) in [5.41, 5.74) is 9.33. The summed E-state index contributed by atoms with van der Waals surface area (Å²) in [6.07, 6.45) is 5.97. The van der Waals surface area contributed by atoms with Crippen LogP contribution in [0.15, 0.2) is 24.3 Å². The maximum atomic E-state index is 6.04. The Morgan fingerprint density at radius 3 is 2.88 bits per heavy atom.